The van der Waals surface area contributed by atoms with Crippen LogP contribution in [0.4, 0.5) is 4.39 Å². The molecule has 0 atom stereocenters. The van der Waals surface area contributed by atoms with Crippen molar-refractivity contribution >= 4 is 34.1 Å². The molecule has 1 nitrogen and oxygen atoms in total. The minimum Gasteiger partial charge on any atom is -0.252 e. The van der Waals surface area contributed by atoms with Crippen molar-refractivity contribution in [3.05, 3.63) is 39.3 Å². The average molecular weight is 258 g/mol. The van der Waals surface area contributed by atoms with Gasteiger partial charge >= 0.3 is 0 Å². The first-order valence-corrected chi connectivity index (χ1v) is 5.74. The van der Waals surface area contributed by atoms with Gasteiger partial charge in [-0.05, 0) is 25.0 Å². The topological polar surface area (TPSA) is 12.9 Å². The van der Waals surface area contributed by atoms with Crippen LogP contribution in [0.2, 0.25) is 10.0 Å². The van der Waals surface area contributed by atoms with E-state index in [9.17, 15) is 4.39 Å². The molecule has 0 bridgehead atoms. The van der Waals surface area contributed by atoms with Gasteiger partial charge in [0.1, 0.15) is 5.82 Å². The number of benzene rings is 1. The number of rotatable bonds is 1. The van der Waals surface area contributed by atoms with Crippen LogP contribution in [0, 0.1) is 12.7 Å². The fraction of sp³-hybridized carbons (Fsp3) is 0.250. The summed E-state index contributed by atoms with van der Waals surface area (Å²) in [5.41, 5.74) is 2.37. The monoisotopic (exact) mass is 257 g/mol. The molecule has 1 aromatic heterocycles. The van der Waals surface area contributed by atoms with Crippen molar-refractivity contribution in [2.75, 3.05) is 0 Å². The maximum Gasteiger partial charge on any atom is 0.143 e. The Balaban J connectivity index is 2.87. The highest BCUT2D eigenvalue weighted by Gasteiger charge is 2.11. The lowest BCUT2D eigenvalue weighted by atomic mass is 10.1. The Bertz CT molecular complexity index is 567. The number of pyridine rings is 1. The molecule has 0 amide bonds. The summed E-state index contributed by atoms with van der Waals surface area (Å²) >= 11 is 11.9. The molecule has 0 N–H and O–H groups in total. The van der Waals surface area contributed by atoms with Gasteiger partial charge in [0, 0.05) is 17.1 Å². The first-order chi connectivity index (χ1) is 7.54. The summed E-state index contributed by atoms with van der Waals surface area (Å²) in [4.78, 5) is 4.37. The number of hydrogen-bond acceptors (Lipinski definition) is 1. The highest BCUT2D eigenvalue weighted by molar-refractivity contribution is 6.37. The molecule has 0 spiro atoms. The zero-order chi connectivity index (χ0) is 11.9. The molecule has 0 saturated carbocycles. The van der Waals surface area contributed by atoms with Gasteiger partial charge in [-0.3, -0.25) is 4.98 Å². The first-order valence-electron chi connectivity index (χ1n) is 4.98. The third-order valence-electron chi connectivity index (χ3n) is 2.63. The van der Waals surface area contributed by atoms with Gasteiger partial charge in [-0.15, -0.1) is 0 Å². The van der Waals surface area contributed by atoms with Gasteiger partial charge in [0.05, 0.1) is 15.6 Å². The molecule has 4 heteroatoms. The minimum atomic E-state index is -0.469. The van der Waals surface area contributed by atoms with E-state index in [2.05, 4.69) is 4.98 Å². The standard InChI is InChI=1S/C12H10Cl2FN/c1-3-10-6(2)12(14)7-4-8(13)9(15)5-11(7)16-10/h4-5H,3H2,1-2H3. The van der Waals surface area contributed by atoms with Gasteiger partial charge in [-0.2, -0.15) is 0 Å². The normalized spacial score (nSPS) is 11.1. The molecule has 0 aliphatic heterocycles. The molecular formula is C12H10Cl2FN. The quantitative estimate of drug-likeness (QED) is 0.731. The molecule has 84 valence electrons. The molecule has 0 saturated heterocycles. The molecule has 2 aromatic rings. The van der Waals surface area contributed by atoms with Gasteiger partial charge in [-0.25, -0.2) is 4.39 Å². The first kappa shape index (κ1) is 11.6. The van der Waals surface area contributed by atoms with Gasteiger partial charge in [0.15, 0.2) is 0 Å². The summed E-state index contributed by atoms with van der Waals surface area (Å²) in [5.74, 6) is -0.469. The van der Waals surface area contributed by atoms with Crippen LogP contribution < -0.4 is 0 Å². The fourth-order valence-corrected chi connectivity index (χ4v) is 2.13. The van der Waals surface area contributed by atoms with Crippen molar-refractivity contribution < 1.29 is 4.39 Å². The number of nitrogens with zero attached hydrogens (tertiary/aromatic N) is 1. The van der Waals surface area contributed by atoms with Crippen LogP contribution >= 0.6 is 23.2 Å². The fourth-order valence-electron chi connectivity index (χ4n) is 1.71. The third kappa shape index (κ3) is 1.76. The Morgan fingerprint density at radius 1 is 1.31 bits per heavy atom. The van der Waals surface area contributed by atoms with Crippen LogP contribution in [-0.4, -0.2) is 4.98 Å². The molecule has 16 heavy (non-hydrogen) atoms. The number of fused-ring (bicyclic) bond motifs is 1. The molecular weight excluding hydrogens is 248 g/mol. The van der Waals surface area contributed by atoms with Crippen molar-refractivity contribution in [1.82, 2.24) is 4.98 Å². The molecule has 1 heterocycles. The Kier molecular flexibility index (Phi) is 3.04. The lowest BCUT2D eigenvalue weighted by Crippen LogP contribution is -1.95. The number of aryl methyl sites for hydroxylation is 1. The molecule has 1 aromatic carbocycles. The van der Waals surface area contributed by atoms with Crippen LogP contribution in [-0.2, 0) is 6.42 Å². The highest BCUT2D eigenvalue weighted by atomic mass is 35.5. The van der Waals surface area contributed by atoms with Gasteiger partial charge < -0.3 is 0 Å². The zero-order valence-electron chi connectivity index (χ0n) is 8.94. The Hall–Kier alpha value is -0.860. The van der Waals surface area contributed by atoms with E-state index in [0.29, 0.717) is 15.9 Å². The third-order valence-corrected chi connectivity index (χ3v) is 3.40. The average Bonchev–Trinajstić information content (AvgIpc) is 2.26. The second-order valence-electron chi connectivity index (χ2n) is 3.63. The molecule has 2 rings (SSSR count). The van der Waals surface area contributed by atoms with Crippen LogP contribution in [0.25, 0.3) is 10.9 Å². The predicted octanol–water partition coefficient (Wildman–Crippen LogP) is 4.55. The van der Waals surface area contributed by atoms with Crippen molar-refractivity contribution in [3.8, 4) is 0 Å². The summed E-state index contributed by atoms with van der Waals surface area (Å²) in [6.07, 6.45) is 0.770. The van der Waals surface area contributed by atoms with Crippen molar-refractivity contribution in [3.63, 3.8) is 0 Å². The summed E-state index contributed by atoms with van der Waals surface area (Å²) in [5, 5.41) is 1.37. The lowest BCUT2D eigenvalue weighted by Gasteiger charge is -2.09. The van der Waals surface area contributed by atoms with E-state index >= 15 is 0 Å². The molecule has 0 aliphatic carbocycles. The Morgan fingerprint density at radius 3 is 2.62 bits per heavy atom. The van der Waals surface area contributed by atoms with E-state index in [-0.39, 0.29) is 5.02 Å². The minimum absolute atomic E-state index is 0.0693. The Morgan fingerprint density at radius 2 is 2.00 bits per heavy atom. The van der Waals surface area contributed by atoms with Gasteiger partial charge in [-0.1, -0.05) is 30.1 Å². The van der Waals surface area contributed by atoms with Crippen molar-refractivity contribution in [2.45, 2.75) is 20.3 Å². The highest BCUT2D eigenvalue weighted by Crippen LogP contribution is 2.31. The van der Waals surface area contributed by atoms with E-state index in [1.165, 1.54) is 12.1 Å². The summed E-state index contributed by atoms with van der Waals surface area (Å²) in [6.45, 7) is 3.90. The van der Waals surface area contributed by atoms with Crippen LogP contribution in [0.15, 0.2) is 12.1 Å². The Labute approximate surface area is 103 Å². The molecule has 0 aliphatic rings. The van der Waals surface area contributed by atoms with Crippen molar-refractivity contribution in [2.24, 2.45) is 0 Å². The lowest BCUT2D eigenvalue weighted by molar-refractivity contribution is 0.629. The van der Waals surface area contributed by atoms with E-state index in [0.717, 1.165) is 17.7 Å². The number of aromatic nitrogens is 1. The smallest absolute Gasteiger partial charge is 0.143 e. The molecule has 0 unspecified atom stereocenters. The summed E-state index contributed by atoms with van der Waals surface area (Å²) in [7, 11) is 0. The van der Waals surface area contributed by atoms with Crippen LogP contribution in [0.3, 0.4) is 0 Å². The predicted molar refractivity (Wildman–Crippen MR) is 65.8 cm³/mol. The van der Waals surface area contributed by atoms with Crippen LogP contribution in [0.1, 0.15) is 18.2 Å². The molecule has 0 fully saturated rings. The number of hydrogen-bond donors (Lipinski definition) is 0. The van der Waals surface area contributed by atoms with Crippen LogP contribution in [0.5, 0.6) is 0 Å². The summed E-state index contributed by atoms with van der Waals surface area (Å²) < 4.78 is 13.3. The van der Waals surface area contributed by atoms with E-state index in [1.54, 1.807) is 0 Å². The van der Waals surface area contributed by atoms with E-state index < -0.39 is 5.82 Å². The maximum absolute atomic E-state index is 13.3. The SMILES string of the molecule is CCc1nc2cc(F)c(Cl)cc2c(Cl)c1C. The zero-order valence-corrected chi connectivity index (χ0v) is 10.5. The largest absolute Gasteiger partial charge is 0.252 e. The second-order valence-corrected chi connectivity index (χ2v) is 4.42. The summed E-state index contributed by atoms with van der Waals surface area (Å²) in [6, 6.07) is 2.84. The van der Waals surface area contributed by atoms with Gasteiger partial charge in [0.25, 0.3) is 0 Å². The van der Waals surface area contributed by atoms with Gasteiger partial charge in [0.2, 0.25) is 0 Å². The van der Waals surface area contributed by atoms with Crippen molar-refractivity contribution in [1.29, 1.82) is 0 Å². The second kappa shape index (κ2) is 4.19. The number of halogens is 3. The maximum atomic E-state index is 13.3. The van der Waals surface area contributed by atoms with E-state index in [4.69, 9.17) is 23.2 Å². The molecule has 0 radical (unpaired) electrons. The van der Waals surface area contributed by atoms with E-state index in [1.807, 2.05) is 13.8 Å².